The summed E-state index contributed by atoms with van der Waals surface area (Å²) in [5.41, 5.74) is 0.0314. The van der Waals surface area contributed by atoms with Crippen LogP contribution in [0.25, 0.3) is 10.9 Å². The summed E-state index contributed by atoms with van der Waals surface area (Å²) in [6, 6.07) is 2.27. The minimum absolute atomic E-state index is 0.0852. The number of rotatable bonds is 4. The van der Waals surface area contributed by atoms with Crippen molar-refractivity contribution in [1.82, 2.24) is 4.98 Å². The number of carbonyl (C=O) groups excluding carboxylic acids is 1. The molecule has 1 N–H and O–H groups in total. The van der Waals surface area contributed by atoms with Gasteiger partial charge in [0.25, 0.3) is 0 Å². The zero-order valence-electron chi connectivity index (χ0n) is 11.4. The molecule has 0 unspecified atom stereocenters. The van der Waals surface area contributed by atoms with Crippen LogP contribution in [0.2, 0.25) is 5.02 Å². The smallest absolute Gasteiger partial charge is 0.250 e. The fourth-order valence-electron chi connectivity index (χ4n) is 1.69. The summed E-state index contributed by atoms with van der Waals surface area (Å²) in [4.78, 5) is 15.5. The Balaban J connectivity index is 2.28. The lowest BCUT2D eigenvalue weighted by atomic mass is 10.2. The number of amides is 1. The molecule has 2 rings (SSSR count). The van der Waals surface area contributed by atoms with Gasteiger partial charge in [-0.2, -0.15) is 0 Å². The average Bonchev–Trinajstić information content (AvgIpc) is 2.43. The monoisotopic (exact) mass is 314 g/mol. The molecule has 1 amide bonds. The molecule has 0 aliphatic rings. The highest BCUT2D eigenvalue weighted by Gasteiger charge is 2.15. The third-order valence-corrected chi connectivity index (χ3v) is 3.09. The number of nitrogens with zero attached hydrogens (tertiary/aromatic N) is 1. The predicted octanol–water partition coefficient (Wildman–Crippen LogP) is 3.53. The van der Waals surface area contributed by atoms with Crippen molar-refractivity contribution in [1.29, 1.82) is 0 Å². The first-order chi connectivity index (χ1) is 9.90. The van der Waals surface area contributed by atoms with E-state index in [4.69, 9.17) is 16.3 Å². The Morgan fingerprint density at radius 3 is 2.81 bits per heavy atom. The van der Waals surface area contributed by atoms with Crippen LogP contribution in [0.5, 0.6) is 0 Å². The molecule has 112 valence electrons. The summed E-state index contributed by atoms with van der Waals surface area (Å²) in [7, 11) is 0. The van der Waals surface area contributed by atoms with Crippen LogP contribution < -0.4 is 5.32 Å². The lowest BCUT2D eigenvalue weighted by Crippen LogP contribution is -2.21. The normalized spacial score (nSPS) is 11.1. The van der Waals surface area contributed by atoms with Gasteiger partial charge in [-0.1, -0.05) is 11.6 Å². The zero-order valence-corrected chi connectivity index (χ0v) is 12.2. The first-order valence-electron chi connectivity index (χ1n) is 6.23. The highest BCUT2D eigenvalue weighted by atomic mass is 35.5. The molecule has 1 aromatic heterocycles. The van der Waals surface area contributed by atoms with Gasteiger partial charge in [0.2, 0.25) is 5.91 Å². The lowest BCUT2D eigenvalue weighted by molar-refractivity contribution is -0.121. The number of hydrogen-bond donors (Lipinski definition) is 1. The maximum Gasteiger partial charge on any atom is 0.250 e. The van der Waals surface area contributed by atoms with E-state index in [1.165, 1.54) is 12.3 Å². The van der Waals surface area contributed by atoms with Gasteiger partial charge in [-0.3, -0.25) is 9.78 Å². The van der Waals surface area contributed by atoms with Crippen LogP contribution >= 0.6 is 11.6 Å². The fraction of sp³-hybridized carbons (Fsp3) is 0.286. The molecular weight excluding hydrogens is 302 g/mol. The number of hydrogen-bond acceptors (Lipinski definition) is 3. The third-order valence-electron chi connectivity index (χ3n) is 2.69. The van der Waals surface area contributed by atoms with Crippen LogP contribution in [0.15, 0.2) is 18.3 Å². The molecule has 4 nitrogen and oxygen atoms in total. The molecule has 0 bridgehead atoms. The molecule has 0 saturated carbocycles. The molecule has 1 heterocycles. The second-order valence-electron chi connectivity index (χ2n) is 4.65. The second kappa shape index (κ2) is 6.32. The van der Waals surface area contributed by atoms with Crippen molar-refractivity contribution < 1.29 is 18.3 Å². The molecule has 0 saturated heterocycles. The van der Waals surface area contributed by atoms with E-state index in [0.29, 0.717) is 0 Å². The minimum Gasteiger partial charge on any atom is -0.369 e. The summed E-state index contributed by atoms with van der Waals surface area (Å²) in [6.45, 7) is 3.47. The van der Waals surface area contributed by atoms with Crippen molar-refractivity contribution in [2.75, 3.05) is 11.9 Å². The number of carbonyl (C=O) groups is 1. The van der Waals surface area contributed by atoms with Crippen molar-refractivity contribution in [3.63, 3.8) is 0 Å². The fourth-order valence-corrected chi connectivity index (χ4v) is 1.94. The number of fused-ring (bicyclic) bond motifs is 1. The van der Waals surface area contributed by atoms with Crippen LogP contribution in [0.1, 0.15) is 13.8 Å². The molecule has 0 spiro atoms. The van der Waals surface area contributed by atoms with E-state index in [0.717, 1.165) is 6.07 Å². The van der Waals surface area contributed by atoms with Gasteiger partial charge in [-0.15, -0.1) is 0 Å². The highest BCUT2D eigenvalue weighted by molar-refractivity contribution is 6.38. The third kappa shape index (κ3) is 3.46. The van der Waals surface area contributed by atoms with Gasteiger partial charge in [0.05, 0.1) is 23.0 Å². The van der Waals surface area contributed by atoms with Crippen molar-refractivity contribution in [2.45, 2.75) is 20.0 Å². The van der Waals surface area contributed by atoms with Gasteiger partial charge >= 0.3 is 0 Å². The SMILES string of the molecule is CC(C)OCC(=O)Nc1cnc2c(F)c(F)ccc2c1Cl. The first-order valence-corrected chi connectivity index (χ1v) is 6.61. The number of halogens is 3. The van der Waals surface area contributed by atoms with E-state index in [1.54, 1.807) is 13.8 Å². The summed E-state index contributed by atoms with van der Waals surface area (Å²) in [6.07, 6.45) is 1.10. The molecule has 0 aliphatic heterocycles. The number of aromatic nitrogens is 1. The Morgan fingerprint density at radius 2 is 2.14 bits per heavy atom. The van der Waals surface area contributed by atoms with Crippen LogP contribution in [0, 0.1) is 11.6 Å². The minimum atomic E-state index is -1.07. The maximum absolute atomic E-state index is 13.6. The van der Waals surface area contributed by atoms with Crippen LogP contribution in [0.4, 0.5) is 14.5 Å². The Bertz CT molecular complexity index is 692. The molecule has 0 aliphatic carbocycles. The largest absolute Gasteiger partial charge is 0.369 e. The van der Waals surface area contributed by atoms with Gasteiger partial charge in [0, 0.05) is 5.39 Å². The topological polar surface area (TPSA) is 51.2 Å². The molecule has 1 aromatic carbocycles. The second-order valence-corrected chi connectivity index (χ2v) is 5.03. The van der Waals surface area contributed by atoms with Gasteiger partial charge in [0.15, 0.2) is 11.6 Å². The van der Waals surface area contributed by atoms with Crippen molar-refractivity contribution in [3.8, 4) is 0 Å². The van der Waals surface area contributed by atoms with E-state index in [9.17, 15) is 13.6 Å². The maximum atomic E-state index is 13.6. The molecule has 0 fully saturated rings. The standard InChI is InChI=1S/C14H13ClF2N2O2/c1-7(2)21-6-11(20)19-10-5-18-14-8(12(10)15)3-4-9(16)13(14)17/h3-5,7H,6H2,1-2H3,(H,19,20). The molecule has 0 radical (unpaired) electrons. The van der Waals surface area contributed by atoms with Crippen LogP contribution in [-0.2, 0) is 9.53 Å². The molecule has 0 atom stereocenters. The lowest BCUT2D eigenvalue weighted by Gasteiger charge is -2.11. The van der Waals surface area contributed by atoms with Gasteiger partial charge < -0.3 is 10.1 Å². The quantitative estimate of drug-likeness (QED) is 0.939. The molecule has 7 heteroatoms. The van der Waals surface area contributed by atoms with E-state index >= 15 is 0 Å². The predicted molar refractivity (Wildman–Crippen MR) is 76.4 cm³/mol. The Kier molecular flexibility index (Phi) is 4.69. The molecular formula is C14H13ClF2N2O2. The van der Waals surface area contributed by atoms with Crippen molar-refractivity contribution >= 4 is 34.1 Å². The number of benzene rings is 1. The van der Waals surface area contributed by atoms with Gasteiger partial charge in [-0.25, -0.2) is 8.78 Å². The number of anilines is 1. The van der Waals surface area contributed by atoms with Crippen molar-refractivity contribution in [3.05, 3.63) is 35.0 Å². The van der Waals surface area contributed by atoms with E-state index in [-0.39, 0.29) is 34.3 Å². The van der Waals surface area contributed by atoms with Gasteiger partial charge in [0.1, 0.15) is 12.1 Å². The van der Waals surface area contributed by atoms with Crippen LogP contribution in [0.3, 0.4) is 0 Å². The number of nitrogens with one attached hydrogen (secondary N) is 1. The summed E-state index contributed by atoms with van der Waals surface area (Å²) in [5, 5.41) is 2.83. The number of ether oxygens (including phenoxy) is 1. The van der Waals surface area contributed by atoms with Crippen molar-refractivity contribution in [2.24, 2.45) is 0 Å². The first kappa shape index (κ1) is 15.6. The highest BCUT2D eigenvalue weighted by Crippen LogP contribution is 2.31. The Hall–Kier alpha value is -1.79. The summed E-state index contributed by atoms with van der Waals surface area (Å²) in [5.74, 6) is -2.49. The average molecular weight is 315 g/mol. The number of pyridine rings is 1. The van der Waals surface area contributed by atoms with E-state index in [1.807, 2.05) is 0 Å². The Labute approximate surface area is 125 Å². The van der Waals surface area contributed by atoms with E-state index in [2.05, 4.69) is 10.3 Å². The summed E-state index contributed by atoms with van der Waals surface area (Å²) < 4.78 is 31.9. The Morgan fingerprint density at radius 1 is 1.43 bits per heavy atom. The van der Waals surface area contributed by atoms with E-state index < -0.39 is 17.5 Å². The summed E-state index contributed by atoms with van der Waals surface area (Å²) >= 11 is 6.09. The molecule has 21 heavy (non-hydrogen) atoms. The molecule has 2 aromatic rings. The van der Waals surface area contributed by atoms with Gasteiger partial charge in [-0.05, 0) is 26.0 Å². The van der Waals surface area contributed by atoms with Crippen LogP contribution in [-0.4, -0.2) is 23.6 Å². The zero-order chi connectivity index (χ0) is 15.6.